The quantitative estimate of drug-likeness (QED) is 0.453. The molecular formula is C21H15F2N3OS2. The lowest BCUT2D eigenvalue weighted by atomic mass is 10.1. The van der Waals surface area contributed by atoms with E-state index in [2.05, 4.69) is 15.3 Å². The van der Waals surface area contributed by atoms with E-state index in [0.29, 0.717) is 27.8 Å². The summed E-state index contributed by atoms with van der Waals surface area (Å²) in [5.74, 6) is -0.811. The molecule has 2 aromatic heterocycles. The molecule has 0 aliphatic heterocycles. The largest absolute Gasteiger partial charge is 0.302 e. The molecule has 4 nitrogen and oxygen atoms in total. The van der Waals surface area contributed by atoms with Crippen molar-refractivity contribution in [3.63, 3.8) is 0 Å². The molecule has 0 unspecified atom stereocenters. The summed E-state index contributed by atoms with van der Waals surface area (Å²) in [4.78, 5) is 21.9. The third kappa shape index (κ3) is 5.10. The monoisotopic (exact) mass is 427 g/mol. The highest BCUT2D eigenvalue weighted by Gasteiger charge is 2.12. The van der Waals surface area contributed by atoms with Crippen LogP contribution in [0.4, 0.5) is 13.9 Å². The summed E-state index contributed by atoms with van der Waals surface area (Å²) in [7, 11) is 0. The van der Waals surface area contributed by atoms with Crippen molar-refractivity contribution in [3.8, 4) is 10.6 Å². The number of carbonyl (C=O) groups excluding carboxylic acids is 1. The molecule has 0 atom stereocenters. The van der Waals surface area contributed by atoms with Crippen molar-refractivity contribution in [2.45, 2.75) is 12.8 Å². The predicted molar refractivity (Wildman–Crippen MR) is 111 cm³/mol. The lowest BCUT2D eigenvalue weighted by Crippen LogP contribution is -2.14. The van der Waals surface area contributed by atoms with Gasteiger partial charge in [0.1, 0.15) is 16.6 Å². The van der Waals surface area contributed by atoms with Gasteiger partial charge in [-0.25, -0.2) is 18.7 Å². The minimum atomic E-state index is -0.322. The molecule has 146 valence electrons. The van der Waals surface area contributed by atoms with Gasteiger partial charge in [-0.1, -0.05) is 24.3 Å². The number of rotatable bonds is 6. The van der Waals surface area contributed by atoms with E-state index in [9.17, 15) is 13.6 Å². The van der Waals surface area contributed by atoms with Crippen LogP contribution in [0.15, 0.2) is 60.1 Å². The Morgan fingerprint density at radius 3 is 2.69 bits per heavy atom. The van der Waals surface area contributed by atoms with Crippen LogP contribution in [0.25, 0.3) is 10.6 Å². The summed E-state index contributed by atoms with van der Waals surface area (Å²) >= 11 is 2.75. The lowest BCUT2D eigenvalue weighted by molar-refractivity contribution is -0.115. The number of carbonyl (C=O) groups is 1. The number of amides is 1. The second-order valence-electron chi connectivity index (χ2n) is 6.31. The summed E-state index contributed by atoms with van der Waals surface area (Å²) in [6.45, 7) is 0. The third-order valence-electron chi connectivity index (χ3n) is 4.06. The number of hydrogen-bond acceptors (Lipinski definition) is 5. The van der Waals surface area contributed by atoms with Crippen LogP contribution in [0, 0.1) is 11.6 Å². The molecule has 0 bridgehead atoms. The van der Waals surface area contributed by atoms with Crippen molar-refractivity contribution in [3.05, 3.63) is 87.9 Å². The molecule has 0 saturated heterocycles. The number of aromatic nitrogens is 2. The Morgan fingerprint density at radius 1 is 1.07 bits per heavy atom. The Kier molecular flexibility index (Phi) is 5.73. The molecule has 4 aromatic rings. The van der Waals surface area contributed by atoms with Gasteiger partial charge < -0.3 is 5.32 Å². The van der Waals surface area contributed by atoms with Crippen LogP contribution in [-0.2, 0) is 17.6 Å². The maximum atomic E-state index is 13.4. The molecule has 1 N–H and O–H groups in total. The zero-order chi connectivity index (χ0) is 20.2. The predicted octanol–water partition coefficient (Wildman–Crippen LogP) is 5.32. The number of nitrogens with one attached hydrogen (secondary N) is 1. The number of hydrogen-bond donors (Lipinski definition) is 1. The number of benzene rings is 2. The van der Waals surface area contributed by atoms with E-state index in [1.54, 1.807) is 35.8 Å². The van der Waals surface area contributed by atoms with E-state index in [-0.39, 0.29) is 24.0 Å². The average molecular weight is 428 g/mol. The van der Waals surface area contributed by atoms with Crippen LogP contribution in [0.5, 0.6) is 0 Å². The van der Waals surface area contributed by atoms with E-state index in [4.69, 9.17) is 0 Å². The highest BCUT2D eigenvalue weighted by atomic mass is 32.1. The summed E-state index contributed by atoms with van der Waals surface area (Å²) in [5, 5.41) is 5.75. The zero-order valence-corrected chi connectivity index (χ0v) is 16.7. The Labute approximate surface area is 173 Å². The van der Waals surface area contributed by atoms with Crippen molar-refractivity contribution >= 4 is 33.7 Å². The number of halogens is 2. The maximum Gasteiger partial charge on any atom is 0.232 e. The van der Waals surface area contributed by atoms with Crippen LogP contribution in [0.2, 0.25) is 0 Å². The lowest BCUT2D eigenvalue weighted by Gasteiger charge is -2.00. The molecule has 8 heteroatoms. The minimum absolute atomic E-state index is 0.110. The first-order chi connectivity index (χ1) is 14.0. The molecule has 4 rings (SSSR count). The van der Waals surface area contributed by atoms with Gasteiger partial charge in [-0.3, -0.25) is 4.79 Å². The van der Waals surface area contributed by atoms with Crippen molar-refractivity contribution < 1.29 is 13.6 Å². The van der Waals surface area contributed by atoms with Crippen LogP contribution in [-0.4, -0.2) is 15.9 Å². The van der Waals surface area contributed by atoms with Crippen molar-refractivity contribution in [2.24, 2.45) is 0 Å². The fraction of sp³-hybridized carbons (Fsp3) is 0.0952. The molecule has 0 saturated carbocycles. The van der Waals surface area contributed by atoms with E-state index < -0.39 is 0 Å². The topological polar surface area (TPSA) is 54.9 Å². The zero-order valence-electron chi connectivity index (χ0n) is 15.1. The smallest absolute Gasteiger partial charge is 0.232 e. The fourth-order valence-corrected chi connectivity index (χ4v) is 4.40. The maximum absolute atomic E-state index is 13.4. The van der Waals surface area contributed by atoms with Crippen molar-refractivity contribution in [1.82, 2.24) is 9.97 Å². The van der Waals surface area contributed by atoms with Gasteiger partial charge >= 0.3 is 0 Å². The second kappa shape index (κ2) is 8.59. The molecule has 2 aromatic carbocycles. The van der Waals surface area contributed by atoms with Crippen molar-refractivity contribution in [2.75, 3.05) is 5.32 Å². The first-order valence-electron chi connectivity index (χ1n) is 8.74. The normalized spacial score (nSPS) is 10.8. The average Bonchev–Trinajstić information content (AvgIpc) is 3.33. The summed E-state index contributed by atoms with van der Waals surface area (Å²) in [5.41, 5.74) is 2.28. The van der Waals surface area contributed by atoms with Crippen LogP contribution < -0.4 is 5.32 Å². The molecule has 0 aliphatic rings. The summed E-state index contributed by atoms with van der Waals surface area (Å²) < 4.78 is 26.3. The van der Waals surface area contributed by atoms with Gasteiger partial charge in [0.15, 0.2) is 5.13 Å². The van der Waals surface area contributed by atoms with E-state index in [0.717, 1.165) is 10.4 Å². The molecule has 0 fully saturated rings. The highest BCUT2D eigenvalue weighted by molar-refractivity contribution is 7.15. The Bertz CT molecular complexity index is 1140. The Hall–Kier alpha value is -2.97. The van der Waals surface area contributed by atoms with Gasteiger partial charge in [0.25, 0.3) is 0 Å². The van der Waals surface area contributed by atoms with Crippen LogP contribution >= 0.6 is 22.7 Å². The van der Waals surface area contributed by atoms with Gasteiger partial charge in [-0.05, 0) is 29.8 Å². The summed E-state index contributed by atoms with van der Waals surface area (Å²) in [6.07, 6.45) is 2.43. The SMILES string of the molecule is O=C(Cc1csc(-c2cccc(F)c2)n1)Nc1ncc(Cc2ccc(F)cc2)s1. The molecule has 0 spiro atoms. The van der Waals surface area contributed by atoms with Crippen LogP contribution in [0.1, 0.15) is 16.1 Å². The number of thiazole rings is 2. The van der Waals surface area contributed by atoms with Crippen molar-refractivity contribution in [1.29, 1.82) is 0 Å². The molecule has 1 amide bonds. The van der Waals surface area contributed by atoms with Crippen LogP contribution in [0.3, 0.4) is 0 Å². The second-order valence-corrected chi connectivity index (χ2v) is 8.29. The van der Waals surface area contributed by atoms with E-state index in [1.807, 2.05) is 0 Å². The Morgan fingerprint density at radius 2 is 1.90 bits per heavy atom. The molecule has 2 heterocycles. The van der Waals surface area contributed by atoms with E-state index in [1.165, 1.54) is 46.9 Å². The van der Waals surface area contributed by atoms with Gasteiger partial charge in [0, 0.05) is 28.4 Å². The van der Waals surface area contributed by atoms with Gasteiger partial charge in [0.2, 0.25) is 5.91 Å². The molecule has 0 radical (unpaired) electrons. The van der Waals surface area contributed by atoms with Gasteiger partial charge in [-0.2, -0.15) is 0 Å². The Balaban J connectivity index is 1.35. The molecule has 29 heavy (non-hydrogen) atoms. The first-order valence-corrected chi connectivity index (χ1v) is 10.4. The number of nitrogens with zero attached hydrogens (tertiary/aromatic N) is 2. The third-order valence-corrected chi connectivity index (χ3v) is 5.91. The highest BCUT2D eigenvalue weighted by Crippen LogP contribution is 2.25. The molecule has 0 aliphatic carbocycles. The standard InChI is InChI=1S/C21H15F2N3OS2/c22-15-6-4-13(5-7-15)8-18-11-24-21(29-18)26-19(27)10-17-12-28-20(25-17)14-2-1-3-16(23)9-14/h1-7,9,11-12H,8,10H2,(H,24,26,27). The van der Waals surface area contributed by atoms with Gasteiger partial charge in [0.05, 0.1) is 12.1 Å². The summed E-state index contributed by atoms with van der Waals surface area (Å²) in [6, 6.07) is 12.5. The molecular weight excluding hydrogens is 412 g/mol. The first kappa shape index (κ1) is 19.4. The minimum Gasteiger partial charge on any atom is -0.302 e. The van der Waals surface area contributed by atoms with E-state index >= 15 is 0 Å². The van der Waals surface area contributed by atoms with Gasteiger partial charge in [-0.15, -0.1) is 22.7 Å². The number of anilines is 1. The fourth-order valence-electron chi connectivity index (χ4n) is 2.72.